The molecule has 0 spiro atoms. The molecule has 108 valence electrons. The van der Waals surface area contributed by atoms with Crippen molar-refractivity contribution in [3.05, 3.63) is 63.9 Å². The van der Waals surface area contributed by atoms with Crippen molar-refractivity contribution >= 4 is 21.8 Å². The lowest BCUT2D eigenvalue weighted by Gasteiger charge is -2.07. The molecular formula is C15H14BrN3O2. The van der Waals surface area contributed by atoms with Gasteiger partial charge < -0.3 is 5.32 Å². The lowest BCUT2D eigenvalue weighted by atomic mass is 10.1. The van der Waals surface area contributed by atoms with Crippen LogP contribution in [0, 0.1) is 0 Å². The molecule has 1 heterocycles. The highest BCUT2D eigenvalue weighted by Crippen LogP contribution is 2.20. The second-order valence-electron chi connectivity index (χ2n) is 4.32. The Labute approximate surface area is 130 Å². The van der Waals surface area contributed by atoms with Crippen molar-refractivity contribution < 1.29 is 4.79 Å². The minimum atomic E-state index is -0.317. The normalized spacial score (nSPS) is 10.1. The summed E-state index contributed by atoms with van der Waals surface area (Å²) in [6.45, 7) is 3.76. The summed E-state index contributed by atoms with van der Waals surface area (Å²) in [5.74, 6) is -0.282. The van der Waals surface area contributed by atoms with E-state index < -0.39 is 0 Å². The van der Waals surface area contributed by atoms with E-state index in [4.69, 9.17) is 0 Å². The van der Waals surface area contributed by atoms with Gasteiger partial charge in [-0.25, -0.2) is 4.68 Å². The molecule has 1 aromatic heterocycles. The number of hydrogen-bond acceptors (Lipinski definition) is 3. The molecule has 0 atom stereocenters. The largest absolute Gasteiger partial charge is 0.351 e. The minimum absolute atomic E-state index is 0.117. The van der Waals surface area contributed by atoms with Gasteiger partial charge in [-0.1, -0.05) is 34.1 Å². The van der Waals surface area contributed by atoms with E-state index in [1.807, 2.05) is 24.3 Å². The van der Waals surface area contributed by atoms with Crippen LogP contribution in [-0.4, -0.2) is 22.2 Å². The van der Waals surface area contributed by atoms with Crippen LogP contribution in [0.5, 0.6) is 0 Å². The van der Waals surface area contributed by atoms with Gasteiger partial charge in [-0.2, -0.15) is 5.10 Å². The maximum absolute atomic E-state index is 11.8. The van der Waals surface area contributed by atoms with Crippen LogP contribution in [-0.2, 0) is 11.3 Å². The van der Waals surface area contributed by atoms with Gasteiger partial charge in [0.1, 0.15) is 6.54 Å². The van der Waals surface area contributed by atoms with E-state index >= 15 is 0 Å². The number of hydrogen-bond donors (Lipinski definition) is 1. The molecule has 0 bridgehead atoms. The van der Waals surface area contributed by atoms with Crippen LogP contribution in [0.2, 0.25) is 0 Å². The van der Waals surface area contributed by atoms with Crippen molar-refractivity contribution in [1.82, 2.24) is 15.1 Å². The second kappa shape index (κ2) is 6.99. The highest BCUT2D eigenvalue weighted by Gasteiger charge is 2.07. The summed E-state index contributed by atoms with van der Waals surface area (Å²) < 4.78 is 2.07. The molecule has 0 aliphatic heterocycles. The van der Waals surface area contributed by atoms with Crippen molar-refractivity contribution in [1.29, 1.82) is 0 Å². The van der Waals surface area contributed by atoms with Gasteiger partial charge in [-0.05, 0) is 18.2 Å². The molecule has 1 amide bonds. The van der Waals surface area contributed by atoms with Crippen molar-refractivity contribution in [3.8, 4) is 11.3 Å². The predicted molar refractivity (Wildman–Crippen MR) is 84.8 cm³/mol. The summed E-state index contributed by atoms with van der Waals surface area (Å²) in [6, 6.07) is 10.6. The Bertz CT molecular complexity index is 725. The van der Waals surface area contributed by atoms with Gasteiger partial charge >= 0.3 is 0 Å². The third-order valence-electron chi connectivity index (χ3n) is 2.72. The molecule has 2 aromatic rings. The fraction of sp³-hybridized carbons (Fsp3) is 0.133. The number of carbonyl (C=O) groups excluding carboxylic acids is 1. The Morgan fingerprint density at radius 3 is 2.90 bits per heavy atom. The number of halogens is 1. The summed E-state index contributed by atoms with van der Waals surface area (Å²) in [5.41, 5.74) is 1.18. The number of carbonyl (C=O) groups is 1. The van der Waals surface area contributed by atoms with Crippen LogP contribution < -0.4 is 10.9 Å². The molecule has 0 unspecified atom stereocenters. The highest BCUT2D eigenvalue weighted by molar-refractivity contribution is 9.10. The second-order valence-corrected chi connectivity index (χ2v) is 5.23. The number of rotatable bonds is 5. The van der Waals surface area contributed by atoms with Gasteiger partial charge in [0.25, 0.3) is 5.56 Å². The molecule has 0 saturated heterocycles. The number of nitrogens with zero attached hydrogens (tertiary/aromatic N) is 2. The summed E-state index contributed by atoms with van der Waals surface area (Å²) in [6.07, 6.45) is 1.58. The van der Waals surface area contributed by atoms with E-state index in [1.54, 1.807) is 12.1 Å². The number of nitrogens with one attached hydrogen (secondary N) is 1. The van der Waals surface area contributed by atoms with Gasteiger partial charge in [-0.15, -0.1) is 6.58 Å². The summed E-state index contributed by atoms with van der Waals surface area (Å²) in [7, 11) is 0. The van der Waals surface area contributed by atoms with Gasteiger partial charge in [-0.3, -0.25) is 9.59 Å². The van der Waals surface area contributed by atoms with E-state index in [-0.39, 0.29) is 18.0 Å². The summed E-state index contributed by atoms with van der Waals surface area (Å²) in [5, 5.41) is 6.84. The van der Waals surface area contributed by atoms with Crippen molar-refractivity contribution in [2.75, 3.05) is 6.54 Å². The maximum atomic E-state index is 11.8. The van der Waals surface area contributed by atoms with Gasteiger partial charge in [0.15, 0.2) is 0 Å². The summed E-state index contributed by atoms with van der Waals surface area (Å²) >= 11 is 3.39. The van der Waals surface area contributed by atoms with Crippen molar-refractivity contribution in [2.24, 2.45) is 0 Å². The fourth-order valence-corrected chi connectivity index (χ4v) is 2.14. The molecule has 6 heteroatoms. The topological polar surface area (TPSA) is 64.0 Å². The first-order valence-corrected chi connectivity index (χ1v) is 7.11. The van der Waals surface area contributed by atoms with E-state index in [2.05, 4.69) is 32.9 Å². The van der Waals surface area contributed by atoms with Crippen LogP contribution in [0.15, 0.2) is 58.3 Å². The first-order chi connectivity index (χ1) is 10.1. The Hall–Kier alpha value is -2.21. The molecule has 1 N–H and O–H groups in total. The molecule has 0 aliphatic rings. The zero-order valence-electron chi connectivity index (χ0n) is 11.3. The lowest BCUT2D eigenvalue weighted by Crippen LogP contribution is -2.33. The number of aromatic nitrogens is 2. The standard InChI is InChI=1S/C15H14BrN3O2/c1-2-8-17-14(20)10-19-15(21)7-6-13(18-19)11-4-3-5-12(16)9-11/h2-7,9H,1,8,10H2,(H,17,20). The average Bonchev–Trinajstić information content (AvgIpc) is 2.47. The molecule has 0 fully saturated rings. The molecule has 1 aromatic carbocycles. The van der Waals surface area contributed by atoms with Crippen LogP contribution in [0.3, 0.4) is 0 Å². The third kappa shape index (κ3) is 4.13. The predicted octanol–water partition coefficient (Wildman–Crippen LogP) is 1.97. The zero-order valence-corrected chi connectivity index (χ0v) is 12.8. The zero-order chi connectivity index (χ0) is 15.2. The van der Waals surface area contributed by atoms with Gasteiger partial charge in [0, 0.05) is 22.6 Å². The molecule has 21 heavy (non-hydrogen) atoms. The lowest BCUT2D eigenvalue weighted by molar-refractivity contribution is -0.121. The van der Waals surface area contributed by atoms with Crippen LogP contribution >= 0.6 is 15.9 Å². The quantitative estimate of drug-likeness (QED) is 0.841. The first kappa shape index (κ1) is 15.2. The smallest absolute Gasteiger partial charge is 0.267 e. The average molecular weight is 348 g/mol. The van der Waals surface area contributed by atoms with E-state index in [9.17, 15) is 9.59 Å². The van der Waals surface area contributed by atoms with Crippen LogP contribution in [0.4, 0.5) is 0 Å². The van der Waals surface area contributed by atoms with Crippen molar-refractivity contribution in [2.45, 2.75) is 6.54 Å². The Morgan fingerprint density at radius 2 is 2.19 bits per heavy atom. The first-order valence-electron chi connectivity index (χ1n) is 6.32. The van der Waals surface area contributed by atoms with Gasteiger partial charge in [0.05, 0.1) is 5.69 Å². The van der Waals surface area contributed by atoms with Crippen LogP contribution in [0.1, 0.15) is 0 Å². The number of benzene rings is 1. The Morgan fingerprint density at radius 1 is 1.38 bits per heavy atom. The maximum Gasteiger partial charge on any atom is 0.267 e. The monoisotopic (exact) mass is 347 g/mol. The third-order valence-corrected chi connectivity index (χ3v) is 3.22. The van der Waals surface area contributed by atoms with Crippen LogP contribution in [0.25, 0.3) is 11.3 Å². The molecular weight excluding hydrogens is 334 g/mol. The molecule has 5 nitrogen and oxygen atoms in total. The van der Waals surface area contributed by atoms with E-state index in [0.717, 1.165) is 14.7 Å². The molecule has 0 saturated carbocycles. The number of amides is 1. The summed E-state index contributed by atoms with van der Waals surface area (Å²) in [4.78, 5) is 23.4. The highest BCUT2D eigenvalue weighted by atomic mass is 79.9. The Balaban J connectivity index is 2.27. The molecule has 2 rings (SSSR count). The fourth-order valence-electron chi connectivity index (χ4n) is 1.74. The SMILES string of the molecule is C=CCNC(=O)Cn1nc(-c2cccc(Br)c2)ccc1=O. The molecule has 0 aliphatic carbocycles. The van der Waals surface area contributed by atoms with Gasteiger partial charge in [0.2, 0.25) is 5.91 Å². The van der Waals surface area contributed by atoms with E-state index in [0.29, 0.717) is 12.2 Å². The molecule has 0 radical (unpaired) electrons. The minimum Gasteiger partial charge on any atom is -0.351 e. The van der Waals surface area contributed by atoms with Crippen molar-refractivity contribution in [3.63, 3.8) is 0 Å². The Kier molecular flexibility index (Phi) is 5.05. The van der Waals surface area contributed by atoms with E-state index in [1.165, 1.54) is 6.07 Å².